The zero-order chi connectivity index (χ0) is 22.6. The summed E-state index contributed by atoms with van der Waals surface area (Å²) in [6.45, 7) is 5.14. The van der Waals surface area contributed by atoms with E-state index in [0.717, 1.165) is 73.7 Å². The number of amides is 2. The molecule has 1 aliphatic carbocycles. The number of thiazole rings is 1. The summed E-state index contributed by atoms with van der Waals surface area (Å²) in [7, 11) is 0. The molecule has 0 bridgehead atoms. The molecular formula is C24H27N5O3S. The first-order valence-electron chi connectivity index (χ1n) is 11.4. The molecule has 1 aliphatic heterocycles. The smallest absolute Gasteiger partial charge is 0.251 e. The second-order valence-electron chi connectivity index (χ2n) is 8.44. The standard InChI is InChI=1S/C24H27N5O3S/c30-21(25-10-1-11-29-12-14-32-15-13-29)17-4-2-16(3-5-17)19-8-9-20-23(26-19)33-24(27-20)28-22(31)18-6-7-18/h2-5,8-9,18H,1,6-7,10-15H2,(H,25,30)(H,27,28,31). The molecule has 9 heteroatoms. The molecule has 0 atom stereocenters. The third kappa shape index (κ3) is 5.55. The number of pyridine rings is 1. The lowest BCUT2D eigenvalue weighted by Crippen LogP contribution is -2.38. The number of nitrogens with zero attached hydrogens (tertiary/aromatic N) is 3. The Morgan fingerprint density at radius 3 is 2.61 bits per heavy atom. The van der Waals surface area contributed by atoms with Crippen molar-refractivity contribution in [2.24, 2.45) is 5.92 Å². The number of benzene rings is 1. The summed E-state index contributed by atoms with van der Waals surface area (Å²) < 4.78 is 5.36. The minimum atomic E-state index is -0.0644. The third-order valence-electron chi connectivity index (χ3n) is 5.92. The number of fused-ring (bicyclic) bond motifs is 1. The summed E-state index contributed by atoms with van der Waals surface area (Å²) in [5.74, 6) is 0.121. The van der Waals surface area contributed by atoms with Crippen LogP contribution in [0.5, 0.6) is 0 Å². The monoisotopic (exact) mass is 465 g/mol. The van der Waals surface area contributed by atoms with Gasteiger partial charge < -0.3 is 15.4 Å². The van der Waals surface area contributed by atoms with Crippen LogP contribution in [0.4, 0.5) is 5.13 Å². The normalized spacial score (nSPS) is 16.6. The fourth-order valence-electron chi connectivity index (χ4n) is 3.81. The van der Waals surface area contributed by atoms with Crippen LogP contribution in [0.3, 0.4) is 0 Å². The fraction of sp³-hybridized carbons (Fsp3) is 0.417. The topological polar surface area (TPSA) is 96.5 Å². The minimum Gasteiger partial charge on any atom is -0.379 e. The van der Waals surface area contributed by atoms with Gasteiger partial charge in [-0.2, -0.15) is 0 Å². The van der Waals surface area contributed by atoms with Crippen molar-refractivity contribution in [3.63, 3.8) is 0 Å². The van der Waals surface area contributed by atoms with Crippen LogP contribution in [0.25, 0.3) is 21.6 Å². The van der Waals surface area contributed by atoms with Gasteiger partial charge in [0, 0.05) is 36.7 Å². The van der Waals surface area contributed by atoms with Crippen molar-refractivity contribution in [3.05, 3.63) is 42.0 Å². The lowest BCUT2D eigenvalue weighted by molar-refractivity contribution is -0.117. The SMILES string of the molecule is O=C(NCCCN1CCOCC1)c1ccc(-c2ccc3nc(NC(=O)C4CC4)sc3n2)cc1. The number of ether oxygens (including phenoxy) is 1. The number of aromatic nitrogens is 2. The molecule has 2 aliphatic rings. The van der Waals surface area contributed by atoms with Gasteiger partial charge in [0.2, 0.25) is 5.91 Å². The second kappa shape index (κ2) is 9.94. The van der Waals surface area contributed by atoms with Gasteiger partial charge in [0.05, 0.1) is 18.9 Å². The van der Waals surface area contributed by atoms with Crippen molar-refractivity contribution in [1.29, 1.82) is 0 Å². The Hall–Kier alpha value is -2.88. The predicted octanol–water partition coefficient (Wildman–Crippen LogP) is 3.16. The first-order valence-corrected chi connectivity index (χ1v) is 12.2. The second-order valence-corrected chi connectivity index (χ2v) is 9.42. The van der Waals surface area contributed by atoms with Crippen molar-refractivity contribution >= 4 is 38.6 Å². The van der Waals surface area contributed by atoms with Crippen molar-refractivity contribution in [3.8, 4) is 11.3 Å². The fourth-order valence-corrected chi connectivity index (χ4v) is 4.65. The van der Waals surface area contributed by atoms with E-state index in [9.17, 15) is 9.59 Å². The summed E-state index contributed by atoms with van der Waals surface area (Å²) >= 11 is 1.38. The molecule has 172 valence electrons. The minimum absolute atomic E-state index is 0.0456. The molecule has 2 amide bonds. The number of anilines is 1. The first-order chi connectivity index (χ1) is 16.2. The Labute approximate surface area is 196 Å². The van der Waals surface area contributed by atoms with Gasteiger partial charge in [0.25, 0.3) is 5.91 Å². The Kier molecular flexibility index (Phi) is 6.61. The van der Waals surface area contributed by atoms with Crippen LogP contribution in [-0.4, -0.2) is 66.1 Å². The van der Waals surface area contributed by atoms with E-state index in [0.29, 0.717) is 17.2 Å². The number of hydrogen-bond acceptors (Lipinski definition) is 7. The van der Waals surface area contributed by atoms with Crippen molar-refractivity contribution in [2.45, 2.75) is 19.3 Å². The van der Waals surface area contributed by atoms with E-state index >= 15 is 0 Å². The van der Waals surface area contributed by atoms with Gasteiger partial charge in [-0.05, 0) is 50.1 Å². The van der Waals surface area contributed by atoms with Crippen LogP contribution in [-0.2, 0) is 9.53 Å². The van der Waals surface area contributed by atoms with Gasteiger partial charge >= 0.3 is 0 Å². The number of carbonyl (C=O) groups is 2. The highest BCUT2D eigenvalue weighted by atomic mass is 32.1. The number of nitrogens with one attached hydrogen (secondary N) is 2. The molecule has 8 nitrogen and oxygen atoms in total. The van der Waals surface area contributed by atoms with Crippen LogP contribution in [0.1, 0.15) is 29.6 Å². The van der Waals surface area contributed by atoms with Gasteiger partial charge in [-0.25, -0.2) is 9.97 Å². The third-order valence-corrected chi connectivity index (χ3v) is 6.80. The van der Waals surface area contributed by atoms with E-state index in [-0.39, 0.29) is 17.7 Å². The molecule has 5 rings (SSSR count). The maximum Gasteiger partial charge on any atom is 0.251 e. The zero-order valence-electron chi connectivity index (χ0n) is 18.4. The zero-order valence-corrected chi connectivity index (χ0v) is 19.2. The largest absolute Gasteiger partial charge is 0.379 e. The summed E-state index contributed by atoms with van der Waals surface area (Å²) in [6.07, 6.45) is 2.84. The highest BCUT2D eigenvalue weighted by Gasteiger charge is 2.30. The van der Waals surface area contributed by atoms with Crippen molar-refractivity contribution < 1.29 is 14.3 Å². The number of hydrogen-bond donors (Lipinski definition) is 2. The van der Waals surface area contributed by atoms with Crippen LogP contribution in [0.2, 0.25) is 0 Å². The lowest BCUT2D eigenvalue weighted by Gasteiger charge is -2.26. The van der Waals surface area contributed by atoms with Gasteiger partial charge in [0.1, 0.15) is 10.3 Å². The molecule has 1 saturated heterocycles. The van der Waals surface area contributed by atoms with Crippen LogP contribution < -0.4 is 10.6 Å². The van der Waals surface area contributed by atoms with E-state index in [1.54, 1.807) is 0 Å². The number of carbonyl (C=O) groups excluding carboxylic acids is 2. The maximum absolute atomic E-state index is 12.5. The molecular weight excluding hydrogens is 438 g/mol. The Balaban J connectivity index is 1.16. The average molecular weight is 466 g/mol. The van der Waals surface area contributed by atoms with Gasteiger partial charge in [-0.1, -0.05) is 23.5 Å². The number of rotatable bonds is 8. The van der Waals surface area contributed by atoms with Gasteiger partial charge in [0.15, 0.2) is 5.13 Å². The Morgan fingerprint density at radius 1 is 1.06 bits per heavy atom. The number of morpholine rings is 1. The summed E-state index contributed by atoms with van der Waals surface area (Å²) in [6, 6.07) is 11.3. The summed E-state index contributed by atoms with van der Waals surface area (Å²) in [5.41, 5.74) is 3.14. The molecule has 0 radical (unpaired) electrons. The van der Waals surface area contributed by atoms with Crippen LogP contribution >= 0.6 is 11.3 Å². The van der Waals surface area contributed by atoms with Crippen LogP contribution in [0, 0.1) is 5.92 Å². The molecule has 2 fully saturated rings. The van der Waals surface area contributed by atoms with E-state index in [4.69, 9.17) is 9.72 Å². The van der Waals surface area contributed by atoms with Crippen LogP contribution in [0.15, 0.2) is 36.4 Å². The van der Waals surface area contributed by atoms with Crippen molar-refractivity contribution in [1.82, 2.24) is 20.2 Å². The molecule has 1 aromatic carbocycles. The molecule has 3 aromatic rings. The van der Waals surface area contributed by atoms with Gasteiger partial charge in [-0.3, -0.25) is 14.5 Å². The summed E-state index contributed by atoms with van der Waals surface area (Å²) in [5, 5.41) is 6.48. The van der Waals surface area contributed by atoms with E-state index in [1.807, 2.05) is 36.4 Å². The molecule has 3 heterocycles. The highest BCUT2D eigenvalue weighted by molar-refractivity contribution is 7.22. The molecule has 0 spiro atoms. The Bertz CT molecular complexity index is 1140. The predicted molar refractivity (Wildman–Crippen MR) is 128 cm³/mol. The molecule has 2 aromatic heterocycles. The van der Waals surface area contributed by atoms with E-state index in [1.165, 1.54) is 11.3 Å². The quantitative estimate of drug-likeness (QED) is 0.496. The molecule has 1 saturated carbocycles. The van der Waals surface area contributed by atoms with E-state index in [2.05, 4.69) is 20.5 Å². The highest BCUT2D eigenvalue weighted by Crippen LogP contribution is 2.32. The van der Waals surface area contributed by atoms with Gasteiger partial charge in [-0.15, -0.1) is 0 Å². The summed E-state index contributed by atoms with van der Waals surface area (Å²) in [4.78, 5) is 36.7. The lowest BCUT2D eigenvalue weighted by atomic mass is 10.1. The average Bonchev–Trinajstić information content (AvgIpc) is 3.62. The molecule has 33 heavy (non-hydrogen) atoms. The Morgan fingerprint density at radius 2 is 1.85 bits per heavy atom. The maximum atomic E-state index is 12.5. The molecule has 0 unspecified atom stereocenters. The first kappa shape index (κ1) is 21.9. The van der Waals surface area contributed by atoms with E-state index < -0.39 is 0 Å². The molecule has 2 N–H and O–H groups in total. The van der Waals surface area contributed by atoms with Crippen molar-refractivity contribution in [2.75, 3.05) is 44.7 Å².